The molecular weight excluding hydrogens is 340 g/mol. The number of rotatable bonds is 4. The van der Waals surface area contributed by atoms with Crippen LogP contribution < -0.4 is 10.2 Å². The number of hydrogen-bond donors (Lipinski definition) is 2. The van der Waals surface area contributed by atoms with Crippen molar-refractivity contribution >= 4 is 17.3 Å². The van der Waals surface area contributed by atoms with E-state index in [-0.39, 0.29) is 6.04 Å². The van der Waals surface area contributed by atoms with Gasteiger partial charge in [-0.15, -0.1) is 0 Å². The minimum atomic E-state index is -1.44. The molecule has 7 heteroatoms. The topological polar surface area (TPSA) is 76.4 Å². The highest BCUT2D eigenvalue weighted by atomic mass is 19.1. The van der Waals surface area contributed by atoms with Crippen LogP contribution in [0, 0.1) is 23.0 Å². The lowest BCUT2D eigenvalue weighted by molar-refractivity contribution is 0.0692. The van der Waals surface area contributed by atoms with Crippen molar-refractivity contribution < 1.29 is 18.7 Å². The van der Waals surface area contributed by atoms with Crippen molar-refractivity contribution in [1.82, 2.24) is 0 Å². The molecule has 0 radical (unpaired) electrons. The number of para-hydroxylation sites is 1. The number of halogens is 2. The Morgan fingerprint density at radius 1 is 1.19 bits per heavy atom. The zero-order valence-electron chi connectivity index (χ0n) is 13.9. The van der Waals surface area contributed by atoms with Crippen molar-refractivity contribution in [3.05, 3.63) is 59.2 Å². The van der Waals surface area contributed by atoms with Crippen LogP contribution in [0.1, 0.15) is 28.8 Å². The number of hydrogen-bond acceptors (Lipinski definition) is 4. The van der Waals surface area contributed by atoms with Crippen molar-refractivity contribution in [3.63, 3.8) is 0 Å². The quantitative estimate of drug-likeness (QED) is 0.874. The highest BCUT2D eigenvalue weighted by molar-refractivity contribution is 5.89. The van der Waals surface area contributed by atoms with E-state index < -0.39 is 28.9 Å². The molecule has 0 spiro atoms. The molecule has 2 aromatic rings. The van der Waals surface area contributed by atoms with Gasteiger partial charge < -0.3 is 15.3 Å². The number of aromatic carboxylic acids is 1. The Kier molecular flexibility index (Phi) is 5.03. The van der Waals surface area contributed by atoms with Gasteiger partial charge in [0, 0.05) is 19.1 Å². The number of anilines is 2. The summed E-state index contributed by atoms with van der Waals surface area (Å²) in [5, 5.41) is 21.0. The largest absolute Gasteiger partial charge is 0.478 e. The second-order valence-corrected chi connectivity index (χ2v) is 6.12. The minimum absolute atomic E-state index is 0.187. The zero-order chi connectivity index (χ0) is 18.7. The number of carboxylic acid groups (broad SMARTS) is 1. The van der Waals surface area contributed by atoms with Gasteiger partial charge in [-0.25, -0.2) is 13.6 Å². The second kappa shape index (κ2) is 7.40. The molecule has 1 aliphatic heterocycles. The standard InChI is InChI=1S/C19H17F2N3O2/c20-15-6-5-14(19(25)26)17(21)18(15)23-13-7-9-24(10-8-13)16-4-2-1-3-12(16)11-22/h1-6,13,23H,7-10H2,(H,25,26). The van der Waals surface area contributed by atoms with Crippen molar-refractivity contribution in [2.45, 2.75) is 18.9 Å². The summed E-state index contributed by atoms with van der Waals surface area (Å²) >= 11 is 0. The maximum absolute atomic E-state index is 14.2. The lowest BCUT2D eigenvalue weighted by Gasteiger charge is -2.35. The number of carboxylic acids is 1. The van der Waals surface area contributed by atoms with Gasteiger partial charge in [0.2, 0.25) is 0 Å². The fourth-order valence-electron chi connectivity index (χ4n) is 3.16. The third-order valence-electron chi connectivity index (χ3n) is 4.53. The molecule has 0 aromatic heterocycles. The monoisotopic (exact) mass is 357 g/mol. The number of piperidine rings is 1. The Morgan fingerprint density at radius 2 is 1.88 bits per heavy atom. The fraction of sp³-hybridized carbons (Fsp3) is 0.263. The fourth-order valence-corrected chi connectivity index (χ4v) is 3.16. The number of nitrogens with zero attached hydrogens (tertiary/aromatic N) is 2. The van der Waals surface area contributed by atoms with E-state index in [4.69, 9.17) is 5.11 Å². The number of nitrogens with one attached hydrogen (secondary N) is 1. The smallest absolute Gasteiger partial charge is 0.338 e. The van der Waals surface area contributed by atoms with Gasteiger partial charge in [-0.2, -0.15) is 5.26 Å². The second-order valence-electron chi connectivity index (χ2n) is 6.12. The Bertz CT molecular complexity index is 872. The number of carbonyl (C=O) groups is 1. The molecule has 26 heavy (non-hydrogen) atoms. The van der Waals surface area contributed by atoms with Gasteiger partial charge in [0.15, 0.2) is 5.82 Å². The summed E-state index contributed by atoms with van der Waals surface area (Å²) < 4.78 is 28.2. The molecule has 2 aromatic carbocycles. The first-order chi connectivity index (χ1) is 12.5. The highest BCUT2D eigenvalue weighted by Gasteiger charge is 2.24. The molecule has 2 N–H and O–H groups in total. The highest BCUT2D eigenvalue weighted by Crippen LogP contribution is 2.28. The predicted molar refractivity (Wildman–Crippen MR) is 93.3 cm³/mol. The Hall–Kier alpha value is -3.14. The van der Waals surface area contributed by atoms with Crippen LogP contribution >= 0.6 is 0 Å². The molecule has 0 amide bonds. The van der Waals surface area contributed by atoms with Gasteiger partial charge in [-0.3, -0.25) is 0 Å². The van der Waals surface area contributed by atoms with E-state index in [1.165, 1.54) is 0 Å². The van der Waals surface area contributed by atoms with E-state index in [2.05, 4.69) is 16.3 Å². The summed E-state index contributed by atoms with van der Waals surface area (Å²) in [6.45, 7) is 1.25. The van der Waals surface area contributed by atoms with E-state index >= 15 is 0 Å². The third kappa shape index (κ3) is 3.45. The molecule has 1 saturated heterocycles. The average molecular weight is 357 g/mol. The molecule has 1 fully saturated rings. The van der Waals surface area contributed by atoms with E-state index in [1.807, 2.05) is 12.1 Å². The zero-order valence-corrected chi connectivity index (χ0v) is 13.9. The third-order valence-corrected chi connectivity index (χ3v) is 4.53. The van der Waals surface area contributed by atoms with Crippen LogP contribution in [0.4, 0.5) is 20.2 Å². The average Bonchev–Trinajstić information content (AvgIpc) is 2.65. The van der Waals surface area contributed by atoms with Gasteiger partial charge in [-0.05, 0) is 37.1 Å². The van der Waals surface area contributed by atoms with Gasteiger partial charge >= 0.3 is 5.97 Å². The minimum Gasteiger partial charge on any atom is -0.478 e. The molecular formula is C19H17F2N3O2. The van der Waals surface area contributed by atoms with Crippen LogP contribution in [0.2, 0.25) is 0 Å². The van der Waals surface area contributed by atoms with E-state index in [1.54, 1.807) is 12.1 Å². The lowest BCUT2D eigenvalue weighted by Crippen LogP contribution is -2.39. The molecule has 3 rings (SSSR count). The van der Waals surface area contributed by atoms with Crippen LogP contribution in [-0.4, -0.2) is 30.2 Å². The van der Waals surface area contributed by atoms with E-state index in [9.17, 15) is 18.8 Å². The maximum Gasteiger partial charge on any atom is 0.338 e. The number of benzene rings is 2. The van der Waals surface area contributed by atoms with Crippen LogP contribution in [0.15, 0.2) is 36.4 Å². The van der Waals surface area contributed by atoms with Crippen molar-refractivity contribution in [1.29, 1.82) is 5.26 Å². The number of nitriles is 1. The molecule has 134 valence electrons. The molecule has 0 bridgehead atoms. The molecule has 1 heterocycles. The molecule has 1 aliphatic rings. The molecule has 0 atom stereocenters. The van der Waals surface area contributed by atoms with Crippen LogP contribution in [-0.2, 0) is 0 Å². The van der Waals surface area contributed by atoms with Crippen molar-refractivity contribution in [2.24, 2.45) is 0 Å². The summed E-state index contributed by atoms with van der Waals surface area (Å²) in [5.41, 5.74) is 0.471. The summed E-state index contributed by atoms with van der Waals surface area (Å²) in [5.74, 6) is -3.34. The molecule has 5 nitrogen and oxygen atoms in total. The molecule has 0 unspecified atom stereocenters. The first kappa shape index (κ1) is 17.7. The van der Waals surface area contributed by atoms with E-state index in [0.29, 0.717) is 31.5 Å². The summed E-state index contributed by atoms with van der Waals surface area (Å²) in [4.78, 5) is 13.1. The van der Waals surface area contributed by atoms with Crippen molar-refractivity contribution in [3.8, 4) is 6.07 Å². The Balaban J connectivity index is 1.71. The summed E-state index contributed by atoms with van der Waals surface area (Å²) in [6, 6.07) is 11.1. The Morgan fingerprint density at radius 3 is 2.54 bits per heavy atom. The Labute approximate surface area is 149 Å². The predicted octanol–water partition coefficient (Wildman–Crippen LogP) is 3.62. The van der Waals surface area contributed by atoms with Crippen LogP contribution in [0.5, 0.6) is 0 Å². The van der Waals surface area contributed by atoms with Gasteiger partial charge in [0.25, 0.3) is 0 Å². The van der Waals surface area contributed by atoms with Gasteiger partial charge in [0.1, 0.15) is 17.6 Å². The summed E-state index contributed by atoms with van der Waals surface area (Å²) in [6.07, 6.45) is 1.21. The molecule has 0 saturated carbocycles. The molecule has 0 aliphatic carbocycles. The van der Waals surface area contributed by atoms with Crippen LogP contribution in [0.3, 0.4) is 0 Å². The van der Waals surface area contributed by atoms with Crippen LogP contribution in [0.25, 0.3) is 0 Å². The normalized spacial score (nSPS) is 14.7. The SMILES string of the molecule is N#Cc1ccccc1N1CCC(Nc2c(F)ccc(C(=O)O)c2F)CC1. The van der Waals surface area contributed by atoms with Gasteiger partial charge in [0.05, 0.1) is 16.8 Å². The summed E-state index contributed by atoms with van der Waals surface area (Å²) in [7, 11) is 0. The van der Waals surface area contributed by atoms with Crippen molar-refractivity contribution in [2.75, 3.05) is 23.3 Å². The first-order valence-electron chi connectivity index (χ1n) is 8.23. The van der Waals surface area contributed by atoms with Gasteiger partial charge in [-0.1, -0.05) is 12.1 Å². The lowest BCUT2D eigenvalue weighted by atomic mass is 10.0. The first-order valence-corrected chi connectivity index (χ1v) is 8.23. The maximum atomic E-state index is 14.2. The van der Waals surface area contributed by atoms with E-state index in [0.717, 1.165) is 17.8 Å².